The molecule has 30 heavy (non-hydrogen) atoms. The van der Waals surface area contributed by atoms with E-state index in [0.29, 0.717) is 29.1 Å². The number of allylic oxidation sites excluding steroid dienone is 3. The van der Waals surface area contributed by atoms with Gasteiger partial charge in [0.25, 0.3) is 5.91 Å². The molecule has 1 unspecified atom stereocenters. The first-order valence-electron chi connectivity index (χ1n) is 10.3. The average Bonchev–Trinajstić information content (AvgIpc) is 2.77. The summed E-state index contributed by atoms with van der Waals surface area (Å²) in [6.07, 6.45) is 8.45. The van der Waals surface area contributed by atoms with Crippen LogP contribution in [0, 0.1) is 5.92 Å². The minimum atomic E-state index is -0.249. The van der Waals surface area contributed by atoms with Crippen molar-refractivity contribution in [2.24, 2.45) is 11.1 Å². The number of ether oxygens (including phenoxy) is 1. The molecule has 7 heteroatoms. The SMILES string of the molecule is CCCCCC(CC(=O)Nc1ccccc1C(=O)NC)C1=CCC(=NO)C=C1OC. The van der Waals surface area contributed by atoms with E-state index < -0.39 is 0 Å². The molecule has 0 fully saturated rings. The molecule has 162 valence electrons. The van der Waals surface area contributed by atoms with Crippen LogP contribution in [-0.4, -0.2) is 36.9 Å². The van der Waals surface area contributed by atoms with Crippen molar-refractivity contribution in [2.75, 3.05) is 19.5 Å². The van der Waals surface area contributed by atoms with E-state index in [1.807, 2.05) is 6.08 Å². The third kappa shape index (κ3) is 6.20. The predicted octanol–water partition coefficient (Wildman–Crippen LogP) is 4.26. The lowest BCUT2D eigenvalue weighted by Crippen LogP contribution is -2.23. The number of methoxy groups -OCH3 is 1. The van der Waals surface area contributed by atoms with E-state index in [4.69, 9.17) is 9.94 Å². The average molecular weight is 414 g/mol. The van der Waals surface area contributed by atoms with Gasteiger partial charge in [0.1, 0.15) is 5.76 Å². The van der Waals surface area contributed by atoms with Gasteiger partial charge in [0.2, 0.25) is 5.91 Å². The monoisotopic (exact) mass is 413 g/mol. The van der Waals surface area contributed by atoms with Crippen LogP contribution in [0.2, 0.25) is 0 Å². The first-order valence-corrected chi connectivity index (χ1v) is 10.3. The van der Waals surface area contributed by atoms with Crippen LogP contribution in [0.1, 0.15) is 55.8 Å². The first kappa shape index (κ1) is 23.2. The van der Waals surface area contributed by atoms with Crippen molar-refractivity contribution in [1.29, 1.82) is 0 Å². The summed E-state index contributed by atoms with van der Waals surface area (Å²) in [4.78, 5) is 25.0. The number of para-hydroxylation sites is 1. The maximum Gasteiger partial charge on any atom is 0.253 e. The summed E-state index contributed by atoms with van der Waals surface area (Å²) in [6.45, 7) is 2.14. The smallest absolute Gasteiger partial charge is 0.253 e. The van der Waals surface area contributed by atoms with Crippen LogP contribution in [-0.2, 0) is 9.53 Å². The fourth-order valence-corrected chi connectivity index (χ4v) is 3.58. The van der Waals surface area contributed by atoms with Gasteiger partial charge >= 0.3 is 0 Å². The number of carbonyl (C=O) groups is 2. The molecule has 2 rings (SSSR count). The van der Waals surface area contributed by atoms with E-state index in [1.165, 1.54) is 0 Å². The number of rotatable bonds is 10. The Balaban J connectivity index is 2.19. The van der Waals surface area contributed by atoms with Crippen molar-refractivity contribution in [1.82, 2.24) is 5.32 Å². The molecule has 1 aliphatic rings. The molecule has 2 amide bonds. The highest BCUT2D eigenvalue weighted by Gasteiger charge is 2.25. The van der Waals surface area contributed by atoms with Gasteiger partial charge in [-0.25, -0.2) is 0 Å². The van der Waals surface area contributed by atoms with Crippen LogP contribution in [0.15, 0.2) is 52.9 Å². The minimum absolute atomic E-state index is 0.0323. The van der Waals surface area contributed by atoms with E-state index in [-0.39, 0.29) is 24.2 Å². The van der Waals surface area contributed by atoms with E-state index in [9.17, 15) is 9.59 Å². The van der Waals surface area contributed by atoms with Crippen molar-refractivity contribution in [3.05, 3.63) is 53.3 Å². The van der Waals surface area contributed by atoms with Crippen LogP contribution in [0.25, 0.3) is 0 Å². The number of nitrogens with zero attached hydrogens (tertiary/aromatic N) is 1. The number of nitrogens with one attached hydrogen (secondary N) is 2. The molecular weight excluding hydrogens is 382 g/mol. The summed E-state index contributed by atoms with van der Waals surface area (Å²) in [7, 11) is 3.13. The highest BCUT2D eigenvalue weighted by molar-refractivity contribution is 6.03. The largest absolute Gasteiger partial charge is 0.496 e. The van der Waals surface area contributed by atoms with Crippen LogP contribution in [0.3, 0.4) is 0 Å². The number of oxime groups is 1. The van der Waals surface area contributed by atoms with Crippen molar-refractivity contribution >= 4 is 23.2 Å². The Labute approximate surface area is 177 Å². The summed E-state index contributed by atoms with van der Waals surface area (Å²) in [5.41, 5.74) is 2.39. The van der Waals surface area contributed by atoms with Crippen molar-refractivity contribution in [2.45, 2.75) is 45.4 Å². The van der Waals surface area contributed by atoms with Gasteiger partial charge in [-0.15, -0.1) is 0 Å². The number of anilines is 1. The Kier molecular flexibility index (Phi) is 9.12. The summed E-state index contributed by atoms with van der Waals surface area (Å²) in [6, 6.07) is 6.94. The number of hydrogen-bond acceptors (Lipinski definition) is 5. The Morgan fingerprint density at radius 2 is 2.03 bits per heavy atom. The first-order chi connectivity index (χ1) is 14.5. The van der Waals surface area contributed by atoms with Gasteiger partial charge in [-0.05, 0) is 30.0 Å². The third-order valence-electron chi connectivity index (χ3n) is 5.16. The fourth-order valence-electron chi connectivity index (χ4n) is 3.58. The van der Waals surface area contributed by atoms with E-state index in [2.05, 4.69) is 22.7 Å². The molecule has 0 heterocycles. The predicted molar refractivity (Wildman–Crippen MR) is 118 cm³/mol. The molecule has 0 spiro atoms. The topological polar surface area (TPSA) is 100 Å². The number of amides is 2. The van der Waals surface area contributed by atoms with E-state index in [0.717, 1.165) is 31.3 Å². The van der Waals surface area contributed by atoms with Gasteiger partial charge in [-0.2, -0.15) is 0 Å². The number of benzene rings is 1. The summed E-state index contributed by atoms with van der Waals surface area (Å²) in [5, 5.41) is 17.8. The van der Waals surface area contributed by atoms with Gasteiger partial charge in [0.15, 0.2) is 0 Å². The molecule has 7 nitrogen and oxygen atoms in total. The highest BCUT2D eigenvalue weighted by atomic mass is 16.5. The van der Waals surface area contributed by atoms with Crippen LogP contribution >= 0.6 is 0 Å². The molecule has 0 saturated heterocycles. The second kappa shape index (κ2) is 11.8. The number of carbonyl (C=O) groups excluding carboxylic acids is 2. The second-order valence-corrected chi connectivity index (χ2v) is 7.24. The fraction of sp³-hybridized carbons (Fsp3) is 0.435. The van der Waals surface area contributed by atoms with Crippen LogP contribution in [0.4, 0.5) is 5.69 Å². The molecule has 0 aliphatic heterocycles. The lowest BCUT2D eigenvalue weighted by atomic mass is 9.85. The maximum absolute atomic E-state index is 12.9. The Hall–Kier alpha value is -3.09. The maximum atomic E-state index is 12.9. The molecule has 1 aromatic rings. The second-order valence-electron chi connectivity index (χ2n) is 7.24. The van der Waals surface area contributed by atoms with Crippen molar-refractivity contribution < 1.29 is 19.5 Å². The van der Waals surface area contributed by atoms with Gasteiger partial charge < -0.3 is 20.6 Å². The van der Waals surface area contributed by atoms with Gasteiger partial charge in [-0.1, -0.05) is 49.6 Å². The molecule has 0 saturated carbocycles. The summed E-state index contributed by atoms with van der Waals surface area (Å²) in [5.74, 6) is 0.177. The zero-order valence-electron chi connectivity index (χ0n) is 17.9. The molecule has 1 aliphatic carbocycles. The molecule has 0 bridgehead atoms. The van der Waals surface area contributed by atoms with Gasteiger partial charge in [0.05, 0.1) is 24.1 Å². The highest BCUT2D eigenvalue weighted by Crippen LogP contribution is 2.32. The zero-order chi connectivity index (χ0) is 21.9. The number of unbranched alkanes of at least 4 members (excludes halogenated alkanes) is 2. The Morgan fingerprint density at radius 3 is 2.70 bits per heavy atom. The lowest BCUT2D eigenvalue weighted by Gasteiger charge is -2.24. The summed E-state index contributed by atoms with van der Waals surface area (Å²) < 4.78 is 5.50. The minimum Gasteiger partial charge on any atom is -0.496 e. The van der Waals surface area contributed by atoms with Crippen LogP contribution < -0.4 is 10.6 Å². The lowest BCUT2D eigenvalue weighted by molar-refractivity contribution is -0.116. The van der Waals surface area contributed by atoms with Crippen LogP contribution in [0.5, 0.6) is 0 Å². The van der Waals surface area contributed by atoms with Crippen molar-refractivity contribution in [3.8, 4) is 0 Å². The molecule has 0 radical (unpaired) electrons. The molecular formula is C23H31N3O4. The zero-order valence-corrected chi connectivity index (χ0v) is 17.9. The quantitative estimate of drug-likeness (QED) is 0.303. The third-order valence-corrected chi connectivity index (χ3v) is 5.16. The molecule has 1 atom stereocenters. The molecule has 1 aromatic carbocycles. The Morgan fingerprint density at radius 1 is 1.27 bits per heavy atom. The normalized spacial score (nSPS) is 15.8. The molecule has 0 aromatic heterocycles. The van der Waals surface area contributed by atoms with Crippen molar-refractivity contribution in [3.63, 3.8) is 0 Å². The van der Waals surface area contributed by atoms with Gasteiger partial charge in [-0.3, -0.25) is 9.59 Å². The standard InChI is InChI=1S/C23H31N3O4/c1-4-5-6-9-16(18-13-12-17(26-29)15-21(18)30-3)14-22(27)25-20-11-8-7-10-19(20)23(28)24-2/h7-8,10-11,13,15-16,29H,4-6,9,12,14H2,1-3H3,(H,24,28)(H,25,27). The Bertz CT molecular complexity index is 843. The van der Waals surface area contributed by atoms with E-state index in [1.54, 1.807) is 44.5 Å². The number of hydrogen-bond donors (Lipinski definition) is 3. The van der Waals surface area contributed by atoms with E-state index >= 15 is 0 Å². The van der Waals surface area contributed by atoms with Gasteiger partial charge in [0, 0.05) is 26.0 Å². The molecule has 3 N–H and O–H groups in total. The summed E-state index contributed by atoms with van der Waals surface area (Å²) >= 11 is 0.